The van der Waals surface area contributed by atoms with Gasteiger partial charge in [-0.05, 0) is 68.5 Å². The fourth-order valence-corrected chi connectivity index (χ4v) is 5.03. The number of hydrogen-bond donors (Lipinski definition) is 2. The SMILES string of the molecule is Cc1ccccc1S(=O)(=O)Nc1ccc(C(=O)N2CCC[C@H]2C(=O)NC2CC2)cc1. The van der Waals surface area contributed by atoms with E-state index in [0.29, 0.717) is 29.8 Å². The summed E-state index contributed by atoms with van der Waals surface area (Å²) in [7, 11) is -3.72. The van der Waals surface area contributed by atoms with E-state index in [2.05, 4.69) is 10.0 Å². The Labute approximate surface area is 176 Å². The van der Waals surface area contributed by atoms with Gasteiger partial charge in [-0.15, -0.1) is 0 Å². The van der Waals surface area contributed by atoms with Crippen LogP contribution in [0, 0.1) is 6.92 Å². The molecule has 2 fully saturated rings. The highest BCUT2D eigenvalue weighted by atomic mass is 32.2. The molecule has 2 aliphatic rings. The topological polar surface area (TPSA) is 95.6 Å². The fraction of sp³-hybridized carbons (Fsp3) is 0.364. The van der Waals surface area contributed by atoms with Crippen LogP contribution in [0.25, 0.3) is 0 Å². The molecule has 158 valence electrons. The van der Waals surface area contributed by atoms with Crippen LogP contribution >= 0.6 is 0 Å². The summed E-state index contributed by atoms with van der Waals surface area (Å²) in [6.45, 7) is 2.28. The first-order chi connectivity index (χ1) is 14.3. The molecule has 1 saturated heterocycles. The van der Waals surface area contributed by atoms with Gasteiger partial charge in [0.05, 0.1) is 4.90 Å². The summed E-state index contributed by atoms with van der Waals surface area (Å²) in [5.41, 5.74) is 1.46. The molecule has 0 radical (unpaired) electrons. The van der Waals surface area contributed by atoms with E-state index in [1.807, 2.05) is 0 Å². The third kappa shape index (κ3) is 4.33. The second-order valence-corrected chi connectivity index (χ2v) is 9.54. The highest BCUT2D eigenvalue weighted by molar-refractivity contribution is 7.92. The zero-order valence-corrected chi connectivity index (χ0v) is 17.6. The normalized spacial score (nSPS) is 18.8. The summed E-state index contributed by atoms with van der Waals surface area (Å²) < 4.78 is 27.8. The molecule has 30 heavy (non-hydrogen) atoms. The maximum Gasteiger partial charge on any atom is 0.262 e. The van der Waals surface area contributed by atoms with Gasteiger partial charge in [0, 0.05) is 23.8 Å². The van der Waals surface area contributed by atoms with Crippen LogP contribution in [0.3, 0.4) is 0 Å². The van der Waals surface area contributed by atoms with Gasteiger partial charge in [-0.2, -0.15) is 0 Å². The Hall–Kier alpha value is -2.87. The van der Waals surface area contributed by atoms with Crippen LogP contribution in [0.15, 0.2) is 53.4 Å². The standard InChI is InChI=1S/C22H25N3O4S/c1-15-5-2-3-7-20(15)30(28,29)24-18-10-8-16(9-11-18)22(27)25-14-4-6-19(25)21(26)23-17-12-13-17/h2-3,5,7-11,17,19,24H,4,6,12-14H2,1H3,(H,23,26)/t19-/m0/s1. The lowest BCUT2D eigenvalue weighted by atomic mass is 10.1. The maximum atomic E-state index is 12.9. The molecule has 1 atom stereocenters. The number of carbonyl (C=O) groups excluding carboxylic acids is 2. The maximum absolute atomic E-state index is 12.9. The van der Waals surface area contributed by atoms with Crippen molar-refractivity contribution in [1.82, 2.24) is 10.2 Å². The predicted octanol–water partition coefficient (Wildman–Crippen LogP) is 2.68. The third-order valence-corrected chi connectivity index (χ3v) is 7.05. The number of sulfonamides is 1. The Kier molecular flexibility index (Phi) is 5.51. The van der Waals surface area contributed by atoms with Gasteiger partial charge in [0.1, 0.15) is 6.04 Å². The van der Waals surface area contributed by atoms with Crippen molar-refractivity contribution < 1.29 is 18.0 Å². The molecule has 2 aromatic carbocycles. The van der Waals surface area contributed by atoms with Crippen LogP contribution in [0.4, 0.5) is 5.69 Å². The molecule has 0 spiro atoms. The number of nitrogens with zero attached hydrogens (tertiary/aromatic N) is 1. The number of anilines is 1. The molecule has 7 nitrogen and oxygen atoms in total. The van der Waals surface area contributed by atoms with E-state index in [-0.39, 0.29) is 22.8 Å². The van der Waals surface area contributed by atoms with Gasteiger partial charge in [-0.3, -0.25) is 14.3 Å². The number of benzene rings is 2. The van der Waals surface area contributed by atoms with Crippen molar-refractivity contribution in [3.63, 3.8) is 0 Å². The molecule has 2 aromatic rings. The first-order valence-corrected chi connectivity index (χ1v) is 11.6. The molecular weight excluding hydrogens is 402 g/mol. The number of rotatable bonds is 6. The summed E-state index contributed by atoms with van der Waals surface area (Å²) >= 11 is 0. The van der Waals surface area contributed by atoms with Crippen LogP contribution in [-0.2, 0) is 14.8 Å². The first kappa shape index (κ1) is 20.4. The van der Waals surface area contributed by atoms with Crippen molar-refractivity contribution in [3.8, 4) is 0 Å². The molecule has 4 rings (SSSR count). The zero-order valence-electron chi connectivity index (χ0n) is 16.8. The lowest BCUT2D eigenvalue weighted by Gasteiger charge is -2.24. The lowest BCUT2D eigenvalue weighted by Crippen LogP contribution is -2.46. The Morgan fingerprint density at radius 3 is 2.37 bits per heavy atom. The van der Waals surface area contributed by atoms with Gasteiger partial charge in [0.2, 0.25) is 5.91 Å². The van der Waals surface area contributed by atoms with Gasteiger partial charge in [-0.1, -0.05) is 18.2 Å². The van der Waals surface area contributed by atoms with E-state index in [1.54, 1.807) is 60.4 Å². The summed E-state index contributed by atoms with van der Waals surface area (Å²) in [6, 6.07) is 12.9. The van der Waals surface area contributed by atoms with Gasteiger partial charge >= 0.3 is 0 Å². The van der Waals surface area contributed by atoms with E-state index in [9.17, 15) is 18.0 Å². The van der Waals surface area contributed by atoms with Gasteiger partial charge in [-0.25, -0.2) is 8.42 Å². The van der Waals surface area contributed by atoms with Crippen LogP contribution in [0.1, 0.15) is 41.6 Å². The minimum atomic E-state index is -3.72. The molecule has 0 aromatic heterocycles. The second kappa shape index (κ2) is 8.10. The van der Waals surface area contributed by atoms with E-state index in [4.69, 9.17) is 0 Å². The van der Waals surface area contributed by atoms with Crippen LogP contribution in [0.2, 0.25) is 0 Å². The number of aryl methyl sites for hydroxylation is 1. The summed E-state index contributed by atoms with van der Waals surface area (Å²) in [4.78, 5) is 27.2. The van der Waals surface area contributed by atoms with Gasteiger partial charge in [0.25, 0.3) is 15.9 Å². The number of carbonyl (C=O) groups is 2. The first-order valence-electron chi connectivity index (χ1n) is 10.1. The molecule has 8 heteroatoms. The summed E-state index contributed by atoms with van der Waals surface area (Å²) in [5.74, 6) is -0.289. The molecule has 0 bridgehead atoms. The number of amides is 2. The van der Waals surface area contributed by atoms with Crippen molar-refractivity contribution in [3.05, 3.63) is 59.7 Å². The average Bonchev–Trinajstić information content (AvgIpc) is 3.39. The predicted molar refractivity (Wildman–Crippen MR) is 114 cm³/mol. The molecular formula is C22H25N3O4S. The average molecular weight is 428 g/mol. The van der Waals surface area contributed by atoms with Gasteiger partial charge in [0.15, 0.2) is 0 Å². The van der Waals surface area contributed by atoms with E-state index >= 15 is 0 Å². The molecule has 1 saturated carbocycles. The quantitative estimate of drug-likeness (QED) is 0.741. The van der Waals surface area contributed by atoms with Crippen LogP contribution in [0.5, 0.6) is 0 Å². The molecule has 1 heterocycles. The van der Waals surface area contributed by atoms with Crippen molar-refractivity contribution in [2.24, 2.45) is 0 Å². The van der Waals surface area contributed by atoms with Gasteiger partial charge < -0.3 is 10.2 Å². The Morgan fingerprint density at radius 1 is 1.00 bits per heavy atom. The van der Waals surface area contributed by atoms with Crippen molar-refractivity contribution in [2.45, 2.75) is 49.6 Å². The lowest BCUT2D eigenvalue weighted by molar-refractivity contribution is -0.125. The Balaban J connectivity index is 1.46. The molecule has 1 aliphatic heterocycles. The van der Waals surface area contributed by atoms with E-state index in [1.165, 1.54) is 0 Å². The zero-order chi connectivity index (χ0) is 21.3. The highest BCUT2D eigenvalue weighted by Gasteiger charge is 2.36. The minimum absolute atomic E-state index is 0.0778. The Morgan fingerprint density at radius 2 is 1.70 bits per heavy atom. The minimum Gasteiger partial charge on any atom is -0.352 e. The molecule has 0 unspecified atom stereocenters. The van der Waals surface area contributed by atoms with Crippen molar-refractivity contribution in [1.29, 1.82) is 0 Å². The number of nitrogens with one attached hydrogen (secondary N) is 2. The highest BCUT2D eigenvalue weighted by Crippen LogP contribution is 2.25. The van der Waals surface area contributed by atoms with Crippen molar-refractivity contribution >= 4 is 27.5 Å². The van der Waals surface area contributed by atoms with E-state index in [0.717, 1.165) is 19.3 Å². The van der Waals surface area contributed by atoms with Crippen molar-refractivity contribution in [2.75, 3.05) is 11.3 Å². The monoisotopic (exact) mass is 427 g/mol. The van der Waals surface area contributed by atoms with Crippen LogP contribution in [-0.4, -0.2) is 43.8 Å². The summed E-state index contributed by atoms with van der Waals surface area (Å²) in [6.07, 6.45) is 3.47. The Bertz CT molecular complexity index is 1060. The summed E-state index contributed by atoms with van der Waals surface area (Å²) in [5, 5.41) is 2.98. The fourth-order valence-electron chi connectivity index (χ4n) is 3.72. The smallest absolute Gasteiger partial charge is 0.262 e. The largest absolute Gasteiger partial charge is 0.352 e. The molecule has 1 aliphatic carbocycles. The number of hydrogen-bond acceptors (Lipinski definition) is 4. The third-order valence-electron chi connectivity index (χ3n) is 5.51. The van der Waals surface area contributed by atoms with E-state index < -0.39 is 16.1 Å². The van der Waals surface area contributed by atoms with Crippen LogP contribution < -0.4 is 10.0 Å². The number of likely N-dealkylation sites (tertiary alicyclic amines) is 1. The molecule has 2 amide bonds. The molecule has 2 N–H and O–H groups in total. The second-order valence-electron chi connectivity index (χ2n) is 7.89.